The topological polar surface area (TPSA) is 68.0 Å². The Kier molecular flexibility index (Phi) is 4.17. The van der Waals surface area contributed by atoms with Crippen molar-refractivity contribution in [1.82, 2.24) is 15.0 Å². The summed E-state index contributed by atoms with van der Waals surface area (Å²) >= 11 is 5.53. The standard InChI is InChI=1S/C12H9ClF3N3O2/c13-10-3-2-8(5-9(10)12(14,15)16)19-6-7(17-18-19)1-4-11(20)21/h2-3,5-6H,1,4H2,(H,20,21). The van der Waals surface area contributed by atoms with Crippen LogP contribution in [0.3, 0.4) is 0 Å². The Morgan fingerprint density at radius 3 is 2.71 bits per heavy atom. The normalized spacial score (nSPS) is 11.6. The van der Waals surface area contributed by atoms with Gasteiger partial charge in [-0.2, -0.15) is 13.2 Å². The molecule has 1 aromatic heterocycles. The third kappa shape index (κ3) is 3.72. The molecule has 0 radical (unpaired) electrons. The van der Waals surface area contributed by atoms with Gasteiger partial charge in [0, 0.05) is 6.42 Å². The monoisotopic (exact) mass is 319 g/mol. The summed E-state index contributed by atoms with van der Waals surface area (Å²) in [4.78, 5) is 10.4. The molecule has 0 unspecified atom stereocenters. The molecule has 0 atom stereocenters. The van der Waals surface area contributed by atoms with E-state index in [0.717, 1.165) is 16.8 Å². The van der Waals surface area contributed by atoms with Gasteiger partial charge in [-0.1, -0.05) is 16.8 Å². The molecule has 0 aliphatic rings. The van der Waals surface area contributed by atoms with Gasteiger partial charge in [0.25, 0.3) is 0 Å². The predicted octanol–water partition coefficient (Wildman–Crippen LogP) is 2.96. The summed E-state index contributed by atoms with van der Waals surface area (Å²) in [6.07, 6.45) is -3.17. The fourth-order valence-corrected chi connectivity index (χ4v) is 1.87. The maximum Gasteiger partial charge on any atom is 0.417 e. The van der Waals surface area contributed by atoms with Gasteiger partial charge in [0.15, 0.2) is 0 Å². The molecule has 5 nitrogen and oxygen atoms in total. The van der Waals surface area contributed by atoms with Crippen LogP contribution >= 0.6 is 11.6 Å². The quantitative estimate of drug-likeness (QED) is 0.940. The van der Waals surface area contributed by atoms with Crippen LogP contribution < -0.4 is 0 Å². The van der Waals surface area contributed by atoms with Crippen LogP contribution in [-0.4, -0.2) is 26.1 Å². The van der Waals surface area contributed by atoms with Gasteiger partial charge in [-0.15, -0.1) is 5.10 Å². The average Bonchev–Trinajstić information content (AvgIpc) is 2.84. The third-order valence-corrected chi connectivity index (χ3v) is 2.99. The van der Waals surface area contributed by atoms with Crippen molar-refractivity contribution in [1.29, 1.82) is 0 Å². The van der Waals surface area contributed by atoms with E-state index in [1.54, 1.807) is 0 Å². The summed E-state index contributed by atoms with van der Waals surface area (Å²) in [5.41, 5.74) is -0.453. The Bertz CT molecular complexity index is 670. The van der Waals surface area contributed by atoms with Crippen molar-refractivity contribution in [2.45, 2.75) is 19.0 Å². The highest BCUT2D eigenvalue weighted by Gasteiger charge is 2.33. The third-order valence-electron chi connectivity index (χ3n) is 2.66. The molecule has 112 valence electrons. The number of nitrogens with zero attached hydrogens (tertiary/aromatic N) is 3. The number of hydrogen-bond acceptors (Lipinski definition) is 3. The lowest BCUT2D eigenvalue weighted by molar-refractivity contribution is -0.138. The Morgan fingerprint density at radius 2 is 2.10 bits per heavy atom. The first kappa shape index (κ1) is 15.3. The van der Waals surface area contributed by atoms with E-state index >= 15 is 0 Å². The molecule has 0 saturated heterocycles. The molecule has 1 aromatic carbocycles. The van der Waals surface area contributed by atoms with Gasteiger partial charge in [0.2, 0.25) is 0 Å². The number of halogens is 4. The maximum atomic E-state index is 12.8. The second-order valence-electron chi connectivity index (χ2n) is 4.21. The van der Waals surface area contributed by atoms with Gasteiger partial charge in [-0.3, -0.25) is 4.79 Å². The minimum atomic E-state index is -4.57. The van der Waals surface area contributed by atoms with Gasteiger partial charge in [0.1, 0.15) is 0 Å². The summed E-state index contributed by atoms with van der Waals surface area (Å²) < 4.78 is 39.4. The first-order chi connectivity index (χ1) is 9.77. The molecule has 2 rings (SSSR count). The fraction of sp³-hybridized carbons (Fsp3) is 0.250. The first-order valence-corrected chi connectivity index (χ1v) is 6.15. The summed E-state index contributed by atoms with van der Waals surface area (Å²) in [5.74, 6) is -0.990. The predicted molar refractivity (Wildman–Crippen MR) is 67.3 cm³/mol. The highest BCUT2D eigenvalue weighted by atomic mass is 35.5. The molecule has 0 amide bonds. The van der Waals surface area contributed by atoms with Crippen molar-refractivity contribution in [2.24, 2.45) is 0 Å². The van der Waals surface area contributed by atoms with Crippen molar-refractivity contribution in [3.63, 3.8) is 0 Å². The number of rotatable bonds is 4. The van der Waals surface area contributed by atoms with Crippen LogP contribution in [0.1, 0.15) is 17.7 Å². The average molecular weight is 320 g/mol. The van der Waals surface area contributed by atoms with Crippen molar-refractivity contribution < 1.29 is 23.1 Å². The number of carboxylic acids is 1. The van der Waals surface area contributed by atoms with E-state index in [4.69, 9.17) is 16.7 Å². The maximum absolute atomic E-state index is 12.8. The van der Waals surface area contributed by atoms with Gasteiger partial charge >= 0.3 is 12.1 Å². The zero-order valence-corrected chi connectivity index (χ0v) is 11.2. The van der Waals surface area contributed by atoms with E-state index in [1.165, 1.54) is 12.3 Å². The zero-order valence-electron chi connectivity index (χ0n) is 10.4. The minimum Gasteiger partial charge on any atom is -0.481 e. The van der Waals surface area contributed by atoms with Crippen LogP contribution in [0, 0.1) is 0 Å². The van der Waals surface area contributed by atoms with Crippen molar-refractivity contribution in [3.05, 3.63) is 40.7 Å². The number of benzene rings is 1. The van der Waals surface area contributed by atoms with Crippen LogP contribution in [0.2, 0.25) is 5.02 Å². The number of alkyl halides is 3. The lowest BCUT2D eigenvalue weighted by Gasteiger charge is -2.10. The fourth-order valence-electron chi connectivity index (χ4n) is 1.65. The molecule has 0 saturated carbocycles. The Balaban J connectivity index is 2.28. The summed E-state index contributed by atoms with van der Waals surface area (Å²) in [6.45, 7) is 0. The molecule has 21 heavy (non-hydrogen) atoms. The first-order valence-electron chi connectivity index (χ1n) is 5.77. The molecule has 9 heteroatoms. The van der Waals surface area contributed by atoms with E-state index < -0.39 is 22.7 Å². The molecular formula is C12H9ClF3N3O2. The molecule has 0 spiro atoms. The number of aromatic nitrogens is 3. The van der Waals surface area contributed by atoms with Crippen molar-refractivity contribution in [2.75, 3.05) is 0 Å². The molecule has 0 aliphatic heterocycles. The SMILES string of the molecule is O=C(O)CCc1cn(-c2ccc(Cl)c(C(F)(F)F)c2)nn1. The lowest BCUT2D eigenvalue weighted by Crippen LogP contribution is -2.07. The molecular weight excluding hydrogens is 311 g/mol. The van der Waals surface area contributed by atoms with Crippen LogP contribution in [0.15, 0.2) is 24.4 Å². The molecule has 1 heterocycles. The van der Waals surface area contributed by atoms with E-state index in [1.807, 2.05) is 0 Å². The highest BCUT2D eigenvalue weighted by Crippen LogP contribution is 2.35. The molecule has 1 N–H and O–H groups in total. The minimum absolute atomic E-state index is 0.132. The summed E-state index contributed by atoms with van der Waals surface area (Å²) in [5, 5.41) is 15.6. The number of carbonyl (C=O) groups is 1. The second kappa shape index (κ2) is 5.72. The van der Waals surface area contributed by atoms with Gasteiger partial charge in [0.05, 0.1) is 34.6 Å². The van der Waals surface area contributed by atoms with Gasteiger partial charge < -0.3 is 5.11 Å². The summed E-state index contributed by atoms with van der Waals surface area (Å²) in [6, 6.07) is 3.35. The lowest BCUT2D eigenvalue weighted by atomic mass is 10.2. The van der Waals surface area contributed by atoms with Gasteiger partial charge in [-0.25, -0.2) is 4.68 Å². The molecule has 0 fully saturated rings. The van der Waals surface area contributed by atoms with Gasteiger partial charge in [-0.05, 0) is 18.2 Å². The Morgan fingerprint density at radius 1 is 1.38 bits per heavy atom. The van der Waals surface area contributed by atoms with E-state index in [0.29, 0.717) is 5.69 Å². The zero-order chi connectivity index (χ0) is 15.6. The van der Waals surface area contributed by atoms with Crippen LogP contribution in [0.5, 0.6) is 0 Å². The van der Waals surface area contributed by atoms with E-state index in [-0.39, 0.29) is 18.5 Å². The Labute approximate surface area is 121 Å². The van der Waals surface area contributed by atoms with E-state index in [9.17, 15) is 18.0 Å². The molecule has 0 aliphatic carbocycles. The number of hydrogen-bond donors (Lipinski definition) is 1. The number of aryl methyl sites for hydroxylation is 1. The van der Waals surface area contributed by atoms with Crippen LogP contribution in [0.25, 0.3) is 5.69 Å². The van der Waals surface area contributed by atoms with Crippen LogP contribution in [0.4, 0.5) is 13.2 Å². The van der Waals surface area contributed by atoms with Crippen LogP contribution in [-0.2, 0) is 17.4 Å². The highest BCUT2D eigenvalue weighted by molar-refractivity contribution is 6.31. The number of carboxylic acid groups (broad SMARTS) is 1. The summed E-state index contributed by atoms with van der Waals surface area (Å²) in [7, 11) is 0. The van der Waals surface area contributed by atoms with Crippen molar-refractivity contribution >= 4 is 17.6 Å². The smallest absolute Gasteiger partial charge is 0.417 e. The molecule has 0 bridgehead atoms. The Hall–Kier alpha value is -2.09. The van der Waals surface area contributed by atoms with E-state index in [2.05, 4.69) is 10.3 Å². The largest absolute Gasteiger partial charge is 0.481 e. The molecule has 2 aromatic rings. The second-order valence-corrected chi connectivity index (χ2v) is 4.62. The van der Waals surface area contributed by atoms with Crippen molar-refractivity contribution in [3.8, 4) is 5.69 Å². The number of aliphatic carboxylic acids is 1.